The third-order valence-electron chi connectivity index (χ3n) is 4.14. The number of rotatable bonds is 2. The molecule has 1 unspecified atom stereocenters. The van der Waals surface area contributed by atoms with Gasteiger partial charge >= 0.3 is 0 Å². The van der Waals surface area contributed by atoms with Crippen LogP contribution in [0.15, 0.2) is 27.7 Å². The van der Waals surface area contributed by atoms with Crippen molar-refractivity contribution < 1.29 is 13.0 Å². The molecule has 1 saturated heterocycles. The summed E-state index contributed by atoms with van der Waals surface area (Å²) in [6, 6.07) is 4.83. The number of benzene rings is 1. The standard InChI is InChI=1S/C13H18N4O3S.ClH/c1-13(2)8-17(7-6-11(13)14)21(18,19)10-5-3-4-9-12(10)16-20-15-9;/h3-5,11H,6-8,14H2,1-2H3;1H. The average molecular weight is 347 g/mol. The van der Waals surface area contributed by atoms with Crippen molar-refractivity contribution in [3.8, 4) is 0 Å². The third kappa shape index (κ3) is 2.71. The van der Waals surface area contributed by atoms with Crippen molar-refractivity contribution in [3.63, 3.8) is 0 Å². The average Bonchev–Trinajstić information content (AvgIpc) is 2.89. The Kier molecular flexibility index (Phi) is 4.49. The van der Waals surface area contributed by atoms with Gasteiger partial charge in [0.1, 0.15) is 10.4 Å². The summed E-state index contributed by atoms with van der Waals surface area (Å²) >= 11 is 0. The van der Waals surface area contributed by atoms with E-state index in [4.69, 9.17) is 5.73 Å². The summed E-state index contributed by atoms with van der Waals surface area (Å²) in [6.45, 7) is 4.77. The van der Waals surface area contributed by atoms with Gasteiger partial charge in [-0.2, -0.15) is 4.31 Å². The molecule has 0 radical (unpaired) electrons. The van der Waals surface area contributed by atoms with Gasteiger partial charge in [0.15, 0.2) is 5.52 Å². The molecule has 1 atom stereocenters. The van der Waals surface area contributed by atoms with E-state index in [-0.39, 0.29) is 34.3 Å². The molecule has 22 heavy (non-hydrogen) atoms. The normalized spacial score (nSPS) is 22.4. The Labute approximate surface area is 135 Å². The lowest BCUT2D eigenvalue weighted by atomic mass is 9.81. The zero-order chi connectivity index (χ0) is 15.3. The molecule has 0 spiro atoms. The molecule has 7 nitrogen and oxygen atoms in total. The fourth-order valence-corrected chi connectivity index (χ4v) is 4.42. The number of nitrogens with two attached hydrogens (primary N) is 1. The van der Waals surface area contributed by atoms with Crippen LogP contribution in [0.3, 0.4) is 0 Å². The van der Waals surface area contributed by atoms with E-state index in [9.17, 15) is 8.42 Å². The van der Waals surface area contributed by atoms with Gasteiger partial charge in [-0.1, -0.05) is 19.9 Å². The van der Waals surface area contributed by atoms with Crippen molar-refractivity contribution in [1.82, 2.24) is 14.6 Å². The lowest BCUT2D eigenvalue weighted by Gasteiger charge is -2.41. The van der Waals surface area contributed by atoms with Gasteiger partial charge in [-0.05, 0) is 34.3 Å². The Hall–Kier alpha value is -1.22. The van der Waals surface area contributed by atoms with Crippen molar-refractivity contribution in [2.75, 3.05) is 13.1 Å². The highest BCUT2D eigenvalue weighted by Crippen LogP contribution is 2.32. The molecule has 0 aliphatic carbocycles. The molecular weight excluding hydrogens is 328 g/mol. The van der Waals surface area contributed by atoms with Crippen molar-refractivity contribution in [3.05, 3.63) is 18.2 Å². The Morgan fingerprint density at radius 2 is 2.09 bits per heavy atom. The summed E-state index contributed by atoms with van der Waals surface area (Å²) in [4.78, 5) is 0.132. The second kappa shape index (κ2) is 5.77. The number of aromatic nitrogens is 2. The number of sulfonamides is 1. The molecular formula is C13H19ClN4O3S. The second-order valence-corrected chi connectivity index (χ2v) is 8.02. The van der Waals surface area contributed by atoms with Gasteiger partial charge in [-0.15, -0.1) is 12.4 Å². The summed E-state index contributed by atoms with van der Waals surface area (Å²) in [7, 11) is -3.64. The maximum Gasteiger partial charge on any atom is 0.245 e. The molecule has 0 bridgehead atoms. The van der Waals surface area contributed by atoms with Crippen molar-refractivity contribution >= 4 is 33.5 Å². The fraction of sp³-hybridized carbons (Fsp3) is 0.538. The van der Waals surface area contributed by atoms with E-state index < -0.39 is 10.0 Å². The van der Waals surface area contributed by atoms with E-state index in [0.29, 0.717) is 25.0 Å². The minimum Gasteiger partial charge on any atom is -0.327 e. The van der Waals surface area contributed by atoms with Crippen LogP contribution in [0, 0.1) is 5.41 Å². The van der Waals surface area contributed by atoms with Crippen molar-refractivity contribution in [2.24, 2.45) is 11.1 Å². The van der Waals surface area contributed by atoms with E-state index in [0.717, 1.165) is 0 Å². The van der Waals surface area contributed by atoms with Crippen molar-refractivity contribution in [1.29, 1.82) is 0 Å². The predicted octanol–water partition coefficient (Wildman–Crippen LogP) is 1.39. The van der Waals surface area contributed by atoms with Gasteiger partial charge in [0.05, 0.1) is 0 Å². The Bertz CT molecular complexity index is 774. The summed E-state index contributed by atoms with van der Waals surface area (Å²) in [5.74, 6) is 0. The lowest BCUT2D eigenvalue weighted by Crippen LogP contribution is -2.53. The first-order chi connectivity index (χ1) is 9.82. The van der Waals surface area contributed by atoms with E-state index in [1.807, 2.05) is 13.8 Å². The van der Waals surface area contributed by atoms with Gasteiger partial charge in [-0.3, -0.25) is 0 Å². The number of piperidine rings is 1. The molecule has 1 aromatic heterocycles. The van der Waals surface area contributed by atoms with Crippen LogP contribution in [0.2, 0.25) is 0 Å². The SMILES string of the molecule is CC1(C)CN(S(=O)(=O)c2cccc3nonc23)CCC1N.Cl. The first-order valence-electron chi connectivity index (χ1n) is 6.79. The minimum absolute atomic E-state index is 0. The number of hydrogen-bond donors (Lipinski definition) is 1. The van der Waals surface area contributed by atoms with Crippen LogP contribution in [-0.4, -0.2) is 42.2 Å². The number of halogens is 1. The number of hydrogen-bond acceptors (Lipinski definition) is 6. The molecule has 0 saturated carbocycles. The Morgan fingerprint density at radius 3 is 2.77 bits per heavy atom. The van der Waals surface area contributed by atoms with Crippen LogP contribution in [-0.2, 0) is 10.0 Å². The minimum atomic E-state index is -3.64. The fourth-order valence-electron chi connectivity index (χ4n) is 2.66. The molecule has 122 valence electrons. The molecule has 1 fully saturated rings. The first-order valence-corrected chi connectivity index (χ1v) is 8.23. The zero-order valence-electron chi connectivity index (χ0n) is 12.4. The summed E-state index contributed by atoms with van der Waals surface area (Å²) in [6.07, 6.45) is 0.638. The van der Waals surface area contributed by atoms with E-state index >= 15 is 0 Å². The van der Waals surface area contributed by atoms with E-state index in [1.54, 1.807) is 12.1 Å². The highest BCUT2D eigenvalue weighted by atomic mass is 35.5. The molecule has 2 aromatic rings. The first kappa shape index (κ1) is 17.1. The molecule has 9 heteroatoms. The summed E-state index contributed by atoms with van der Waals surface area (Å²) in [5.41, 5.74) is 6.51. The molecule has 0 amide bonds. The quantitative estimate of drug-likeness (QED) is 0.881. The molecule has 1 aromatic carbocycles. The van der Waals surface area contributed by atoms with Gasteiger partial charge in [-0.25, -0.2) is 13.0 Å². The van der Waals surface area contributed by atoms with Crippen LogP contribution >= 0.6 is 12.4 Å². The van der Waals surface area contributed by atoms with Crippen LogP contribution in [0.5, 0.6) is 0 Å². The van der Waals surface area contributed by atoms with Gasteiger partial charge < -0.3 is 5.73 Å². The van der Waals surface area contributed by atoms with E-state index in [2.05, 4.69) is 14.9 Å². The smallest absolute Gasteiger partial charge is 0.245 e. The summed E-state index contributed by atoms with van der Waals surface area (Å²) in [5, 5.41) is 7.40. The Morgan fingerprint density at radius 1 is 1.36 bits per heavy atom. The molecule has 1 aliphatic heterocycles. The maximum atomic E-state index is 12.9. The summed E-state index contributed by atoms with van der Waals surface area (Å²) < 4.78 is 31.9. The zero-order valence-corrected chi connectivity index (χ0v) is 14.0. The molecule has 2 heterocycles. The van der Waals surface area contributed by atoms with Crippen LogP contribution in [0.4, 0.5) is 0 Å². The van der Waals surface area contributed by atoms with Crippen LogP contribution < -0.4 is 5.73 Å². The Balaban J connectivity index is 0.00000176. The van der Waals surface area contributed by atoms with E-state index in [1.165, 1.54) is 10.4 Å². The number of fused-ring (bicyclic) bond motifs is 1. The van der Waals surface area contributed by atoms with Gasteiger partial charge in [0, 0.05) is 19.1 Å². The third-order valence-corrected chi connectivity index (χ3v) is 6.02. The van der Waals surface area contributed by atoms with Gasteiger partial charge in [0.25, 0.3) is 0 Å². The number of nitrogens with zero attached hydrogens (tertiary/aromatic N) is 3. The molecule has 2 N–H and O–H groups in total. The van der Waals surface area contributed by atoms with Crippen molar-refractivity contribution in [2.45, 2.75) is 31.2 Å². The van der Waals surface area contributed by atoms with Crippen LogP contribution in [0.25, 0.3) is 11.0 Å². The highest BCUT2D eigenvalue weighted by molar-refractivity contribution is 7.89. The predicted molar refractivity (Wildman–Crippen MR) is 84.2 cm³/mol. The topological polar surface area (TPSA) is 102 Å². The lowest BCUT2D eigenvalue weighted by molar-refractivity contribution is 0.155. The molecule has 1 aliphatic rings. The largest absolute Gasteiger partial charge is 0.327 e. The second-order valence-electron chi connectivity index (χ2n) is 6.11. The van der Waals surface area contributed by atoms with Gasteiger partial charge in [0.2, 0.25) is 10.0 Å². The highest BCUT2D eigenvalue weighted by Gasteiger charge is 2.39. The monoisotopic (exact) mass is 346 g/mol. The maximum absolute atomic E-state index is 12.9. The molecule has 3 rings (SSSR count). The van der Waals surface area contributed by atoms with Crippen LogP contribution in [0.1, 0.15) is 20.3 Å².